The first-order valence-corrected chi connectivity index (χ1v) is 8.79. The number of likely N-dealkylation sites (N-methyl/N-ethyl adjacent to an activating group) is 1. The minimum absolute atomic E-state index is 0.0245. The number of rotatable bonds is 8. The summed E-state index contributed by atoms with van der Waals surface area (Å²) in [4.78, 5) is 25.0. The minimum Gasteiger partial charge on any atom is -0.349 e. The Morgan fingerprint density at radius 3 is 2.17 bits per heavy atom. The number of amides is 2. The molecule has 0 fully saturated rings. The standard InChI is InChI=1S/C17H26BrN3O2/c1-5-21(10-16(22)19-12(2)3)11-17(23)20-13(4)14-8-6-7-9-15(14)18/h6-9,12-13H,5,10-11H2,1-4H3,(H,19,22)(H,20,23)/p+1/t13-/m1/s1. The quantitative estimate of drug-likeness (QED) is 0.627. The predicted octanol–water partition coefficient (Wildman–Crippen LogP) is 1.06. The number of halogens is 1. The van der Waals surface area contributed by atoms with Gasteiger partial charge in [0.1, 0.15) is 0 Å². The van der Waals surface area contributed by atoms with Crippen molar-refractivity contribution >= 4 is 27.7 Å². The van der Waals surface area contributed by atoms with Crippen molar-refractivity contribution in [1.82, 2.24) is 10.6 Å². The summed E-state index contributed by atoms with van der Waals surface area (Å²) in [7, 11) is 0. The van der Waals surface area contributed by atoms with Crippen LogP contribution in [0.3, 0.4) is 0 Å². The lowest BCUT2D eigenvalue weighted by atomic mass is 10.1. The second-order valence-electron chi connectivity index (χ2n) is 5.99. The molecule has 0 saturated heterocycles. The molecule has 0 radical (unpaired) electrons. The highest BCUT2D eigenvalue weighted by atomic mass is 79.9. The molecule has 1 rings (SSSR count). The average molecular weight is 385 g/mol. The summed E-state index contributed by atoms with van der Waals surface area (Å²) in [6, 6.07) is 7.86. The highest BCUT2D eigenvalue weighted by Gasteiger charge is 2.19. The van der Waals surface area contributed by atoms with Crippen LogP contribution in [-0.2, 0) is 9.59 Å². The zero-order valence-corrected chi connectivity index (χ0v) is 15.9. The summed E-state index contributed by atoms with van der Waals surface area (Å²) in [5.41, 5.74) is 1.04. The summed E-state index contributed by atoms with van der Waals surface area (Å²) in [5, 5.41) is 5.85. The molecular weight excluding hydrogens is 358 g/mol. The van der Waals surface area contributed by atoms with E-state index in [1.54, 1.807) is 0 Å². The third kappa shape index (κ3) is 7.14. The molecule has 2 atom stereocenters. The fraction of sp³-hybridized carbons (Fsp3) is 0.529. The molecule has 5 nitrogen and oxygen atoms in total. The summed E-state index contributed by atoms with van der Waals surface area (Å²) in [5.74, 6) is -0.0778. The van der Waals surface area contributed by atoms with Gasteiger partial charge in [0, 0.05) is 10.5 Å². The third-order valence-corrected chi connectivity index (χ3v) is 4.24. The predicted molar refractivity (Wildman–Crippen MR) is 95.2 cm³/mol. The van der Waals surface area contributed by atoms with Crippen LogP contribution < -0.4 is 15.5 Å². The van der Waals surface area contributed by atoms with Gasteiger partial charge in [-0.1, -0.05) is 34.1 Å². The molecule has 0 bridgehead atoms. The third-order valence-electron chi connectivity index (χ3n) is 3.52. The zero-order valence-electron chi connectivity index (χ0n) is 14.3. The summed E-state index contributed by atoms with van der Waals surface area (Å²) in [6.45, 7) is 9.10. The number of hydrogen-bond acceptors (Lipinski definition) is 2. The van der Waals surface area contributed by atoms with Crippen molar-refractivity contribution < 1.29 is 14.5 Å². The number of quaternary nitrogens is 1. The van der Waals surface area contributed by atoms with Crippen LogP contribution in [0.25, 0.3) is 0 Å². The highest BCUT2D eigenvalue weighted by Crippen LogP contribution is 2.22. The Morgan fingerprint density at radius 2 is 1.65 bits per heavy atom. The normalized spacial score (nSPS) is 13.5. The van der Waals surface area contributed by atoms with Gasteiger partial charge in [-0.05, 0) is 39.3 Å². The van der Waals surface area contributed by atoms with E-state index < -0.39 is 0 Å². The molecule has 1 aromatic carbocycles. The van der Waals surface area contributed by atoms with Crippen LogP contribution in [0, 0.1) is 0 Å². The Hall–Kier alpha value is -1.40. The van der Waals surface area contributed by atoms with Gasteiger partial charge >= 0.3 is 0 Å². The van der Waals surface area contributed by atoms with Gasteiger partial charge in [0.25, 0.3) is 11.8 Å². The average Bonchev–Trinajstić information content (AvgIpc) is 2.45. The zero-order chi connectivity index (χ0) is 17.4. The molecule has 3 N–H and O–H groups in total. The highest BCUT2D eigenvalue weighted by molar-refractivity contribution is 9.10. The number of nitrogens with one attached hydrogen (secondary N) is 3. The van der Waals surface area contributed by atoms with Crippen molar-refractivity contribution in [3.05, 3.63) is 34.3 Å². The molecule has 23 heavy (non-hydrogen) atoms. The molecule has 1 aromatic rings. The van der Waals surface area contributed by atoms with Crippen molar-refractivity contribution in [2.45, 2.75) is 39.8 Å². The molecule has 0 spiro atoms. The second-order valence-corrected chi connectivity index (χ2v) is 6.84. The van der Waals surface area contributed by atoms with Crippen molar-refractivity contribution in [3.8, 4) is 0 Å². The molecule has 0 aliphatic rings. The van der Waals surface area contributed by atoms with Crippen LogP contribution in [0.15, 0.2) is 28.7 Å². The van der Waals surface area contributed by atoms with Gasteiger partial charge in [-0.3, -0.25) is 9.59 Å². The van der Waals surface area contributed by atoms with Crippen molar-refractivity contribution in [2.24, 2.45) is 0 Å². The molecule has 0 aliphatic heterocycles. The molecule has 0 heterocycles. The summed E-state index contributed by atoms with van der Waals surface area (Å²) >= 11 is 3.50. The van der Waals surface area contributed by atoms with Crippen molar-refractivity contribution in [3.63, 3.8) is 0 Å². The number of benzene rings is 1. The van der Waals surface area contributed by atoms with Crippen LogP contribution in [0.1, 0.15) is 39.3 Å². The van der Waals surface area contributed by atoms with Crippen LogP contribution in [-0.4, -0.2) is 37.5 Å². The second kappa shape index (κ2) is 9.67. The lowest BCUT2D eigenvalue weighted by molar-refractivity contribution is -0.881. The number of hydrogen-bond donors (Lipinski definition) is 3. The van der Waals surface area contributed by atoms with Gasteiger partial charge in [0.2, 0.25) is 0 Å². The van der Waals surface area contributed by atoms with Gasteiger partial charge in [0.15, 0.2) is 13.1 Å². The maximum atomic E-state index is 12.2. The molecule has 0 aliphatic carbocycles. The largest absolute Gasteiger partial charge is 0.349 e. The minimum atomic E-state index is -0.0827. The van der Waals surface area contributed by atoms with E-state index >= 15 is 0 Å². The van der Waals surface area contributed by atoms with Gasteiger partial charge in [-0.2, -0.15) is 0 Å². The first-order chi connectivity index (χ1) is 10.8. The maximum absolute atomic E-state index is 12.2. The summed E-state index contributed by atoms with van der Waals surface area (Å²) in [6.07, 6.45) is 0. The fourth-order valence-electron chi connectivity index (χ4n) is 2.34. The Labute approximate surface area is 146 Å². The van der Waals surface area contributed by atoms with E-state index in [9.17, 15) is 9.59 Å². The topological polar surface area (TPSA) is 62.6 Å². The van der Waals surface area contributed by atoms with E-state index in [4.69, 9.17) is 0 Å². The lowest BCUT2D eigenvalue weighted by Crippen LogP contribution is -3.14. The van der Waals surface area contributed by atoms with E-state index in [2.05, 4.69) is 26.6 Å². The molecule has 0 saturated carbocycles. The molecule has 0 aromatic heterocycles. The van der Waals surface area contributed by atoms with Crippen LogP contribution >= 0.6 is 15.9 Å². The van der Waals surface area contributed by atoms with Gasteiger partial charge in [-0.15, -0.1) is 0 Å². The van der Waals surface area contributed by atoms with Crippen LogP contribution in [0.4, 0.5) is 0 Å². The first-order valence-electron chi connectivity index (χ1n) is 8.00. The Bertz CT molecular complexity index is 534. The first kappa shape index (κ1) is 19.6. The Balaban J connectivity index is 2.53. The Morgan fingerprint density at radius 1 is 1.09 bits per heavy atom. The van der Waals surface area contributed by atoms with E-state index in [-0.39, 0.29) is 30.4 Å². The monoisotopic (exact) mass is 384 g/mol. The van der Waals surface area contributed by atoms with E-state index in [0.29, 0.717) is 6.54 Å². The molecule has 2 amide bonds. The smallest absolute Gasteiger partial charge is 0.275 e. The molecule has 128 valence electrons. The lowest BCUT2D eigenvalue weighted by Gasteiger charge is -2.20. The van der Waals surface area contributed by atoms with Gasteiger partial charge < -0.3 is 15.5 Å². The number of carbonyl (C=O) groups excluding carboxylic acids is 2. The van der Waals surface area contributed by atoms with Crippen molar-refractivity contribution in [2.75, 3.05) is 19.6 Å². The summed E-state index contributed by atoms with van der Waals surface area (Å²) < 4.78 is 0.976. The molecule has 1 unspecified atom stereocenters. The van der Waals surface area contributed by atoms with Crippen LogP contribution in [0.2, 0.25) is 0 Å². The van der Waals surface area contributed by atoms with Crippen molar-refractivity contribution in [1.29, 1.82) is 0 Å². The fourth-order valence-corrected chi connectivity index (χ4v) is 2.96. The van der Waals surface area contributed by atoms with Gasteiger partial charge in [-0.25, -0.2) is 0 Å². The van der Waals surface area contributed by atoms with Gasteiger partial charge in [0.05, 0.1) is 12.6 Å². The van der Waals surface area contributed by atoms with E-state index in [0.717, 1.165) is 21.5 Å². The van der Waals surface area contributed by atoms with Crippen LogP contribution in [0.5, 0.6) is 0 Å². The Kier molecular flexibility index (Phi) is 8.26. The molecule has 6 heteroatoms. The van der Waals surface area contributed by atoms with E-state index in [1.165, 1.54) is 0 Å². The number of carbonyl (C=O) groups is 2. The molecular formula is C17H27BrN3O2+. The SMILES string of the molecule is CC[NH+](CC(=O)NC(C)C)CC(=O)N[C@H](C)c1ccccc1Br. The van der Waals surface area contributed by atoms with E-state index in [1.807, 2.05) is 52.0 Å². The maximum Gasteiger partial charge on any atom is 0.275 e.